The first-order valence-corrected chi connectivity index (χ1v) is 6.95. The Morgan fingerprint density at radius 3 is 2.62 bits per heavy atom. The number of halogens is 1. The van der Waals surface area contributed by atoms with Gasteiger partial charge >= 0.3 is 0 Å². The second kappa shape index (κ2) is 5.38. The highest BCUT2D eigenvalue weighted by Crippen LogP contribution is 2.30. The van der Waals surface area contributed by atoms with E-state index in [1.165, 1.54) is 27.6 Å². The van der Waals surface area contributed by atoms with Crippen molar-refractivity contribution >= 4 is 10.8 Å². The van der Waals surface area contributed by atoms with E-state index in [1.54, 1.807) is 7.11 Å². The molecule has 2 nitrogen and oxygen atoms in total. The second-order valence-electron chi connectivity index (χ2n) is 5.25. The molecule has 0 saturated carbocycles. The second-order valence-corrected chi connectivity index (χ2v) is 5.25. The molecule has 0 aliphatic carbocycles. The van der Waals surface area contributed by atoms with Gasteiger partial charge in [-0.05, 0) is 35.2 Å². The number of fused-ring (bicyclic) bond motifs is 4. The number of rotatable bonds is 1. The molecular formula is C18H16ClNO. The molecule has 3 aromatic rings. The fourth-order valence-electron chi connectivity index (χ4n) is 3.04. The quantitative estimate of drug-likeness (QED) is 0.591. The summed E-state index contributed by atoms with van der Waals surface area (Å²) in [5, 5.41) is 2.59. The van der Waals surface area contributed by atoms with Crippen LogP contribution in [-0.2, 0) is 13.0 Å². The standard InChI is InChI=1S/C18H16NO.ClH/c1-20-16-6-7-17-14(10-16)8-9-19-12-15-5-3-2-4-13(15)11-18(17)19;/h2-7,10-12H,8-9H2,1H3;1H/q+1;/p-1. The normalized spacial score (nSPS) is 12.2. The molecule has 2 heterocycles. The monoisotopic (exact) mass is 297 g/mol. The predicted molar refractivity (Wildman–Crippen MR) is 79.8 cm³/mol. The van der Waals surface area contributed by atoms with E-state index in [4.69, 9.17) is 4.74 Å². The first-order valence-electron chi connectivity index (χ1n) is 6.95. The molecule has 1 aromatic heterocycles. The zero-order chi connectivity index (χ0) is 13.5. The fraction of sp³-hybridized carbons (Fsp3) is 0.167. The maximum Gasteiger partial charge on any atom is 0.213 e. The Hall–Kier alpha value is -2.06. The van der Waals surface area contributed by atoms with Crippen LogP contribution in [0.15, 0.2) is 54.7 Å². The highest BCUT2D eigenvalue weighted by molar-refractivity contribution is 5.84. The van der Waals surface area contributed by atoms with E-state index in [0.717, 1.165) is 18.7 Å². The summed E-state index contributed by atoms with van der Waals surface area (Å²) in [5.41, 5.74) is 4.00. The summed E-state index contributed by atoms with van der Waals surface area (Å²) >= 11 is 0. The van der Waals surface area contributed by atoms with Crippen molar-refractivity contribution in [1.82, 2.24) is 0 Å². The van der Waals surface area contributed by atoms with Crippen LogP contribution in [0.5, 0.6) is 5.75 Å². The summed E-state index contributed by atoms with van der Waals surface area (Å²) in [5.74, 6) is 0.943. The molecule has 0 amide bonds. The predicted octanol–water partition coefficient (Wildman–Crippen LogP) is 0.363. The van der Waals surface area contributed by atoms with Gasteiger partial charge in [0, 0.05) is 23.4 Å². The van der Waals surface area contributed by atoms with E-state index in [-0.39, 0.29) is 12.4 Å². The number of benzene rings is 2. The third-order valence-electron chi connectivity index (χ3n) is 4.10. The van der Waals surface area contributed by atoms with Gasteiger partial charge in [0.25, 0.3) is 0 Å². The molecule has 1 aliphatic rings. The minimum absolute atomic E-state index is 0. The van der Waals surface area contributed by atoms with Gasteiger partial charge in [-0.15, -0.1) is 0 Å². The minimum atomic E-state index is 0. The van der Waals surface area contributed by atoms with E-state index in [0.29, 0.717) is 0 Å². The minimum Gasteiger partial charge on any atom is -1.00 e. The Kier molecular flexibility index (Phi) is 3.56. The summed E-state index contributed by atoms with van der Waals surface area (Å²) in [6, 6.07) is 17.2. The van der Waals surface area contributed by atoms with Crippen LogP contribution in [0, 0.1) is 0 Å². The smallest absolute Gasteiger partial charge is 0.213 e. The number of nitrogens with zero attached hydrogens (tertiary/aromatic N) is 1. The maximum atomic E-state index is 5.33. The number of ether oxygens (including phenoxy) is 1. The van der Waals surface area contributed by atoms with Crippen molar-refractivity contribution in [1.29, 1.82) is 0 Å². The van der Waals surface area contributed by atoms with Gasteiger partial charge in [-0.2, -0.15) is 4.57 Å². The number of pyridine rings is 1. The van der Waals surface area contributed by atoms with E-state index < -0.39 is 0 Å². The van der Waals surface area contributed by atoms with Crippen molar-refractivity contribution in [3.8, 4) is 17.0 Å². The molecule has 0 spiro atoms. The lowest BCUT2D eigenvalue weighted by molar-refractivity contribution is -0.686. The molecule has 2 aromatic carbocycles. The van der Waals surface area contributed by atoms with Gasteiger partial charge in [0.1, 0.15) is 5.75 Å². The highest BCUT2D eigenvalue weighted by atomic mass is 35.5. The average molecular weight is 298 g/mol. The zero-order valence-electron chi connectivity index (χ0n) is 11.8. The molecule has 1 aliphatic heterocycles. The maximum absolute atomic E-state index is 5.33. The van der Waals surface area contributed by atoms with E-state index in [9.17, 15) is 0 Å². The van der Waals surface area contributed by atoms with Crippen molar-refractivity contribution in [3.63, 3.8) is 0 Å². The topological polar surface area (TPSA) is 13.1 Å². The first-order chi connectivity index (χ1) is 9.85. The lowest BCUT2D eigenvalue weighted by atomic mass is 9.96. The Balaban J connectivity index is 0.00000132. The lowest BCUT2D eigenvalue weighted by Crippen LogP contribution is -3.00. The van der Waals surface area contributed by atoms with Gasteiger partial charge < -0.3 is 17.1 Å². The number of methoxy groups -OCH3 is 1. The molecule has 106 valence electrons. The van der Waals surface area contributed by atoms with Gasteiger partial charge in [-0.1, -0.05) is 18.2 Å². The number of aryl methyl sites for hydroxylation is 2. The van der Waals surface area contributed by atoms with Crippen molar-refractivity contribution in [3.05, 3.63) is 60.3 Å². The largest absolute Gasteiger partial charge is 1.00 e. The van der Waals surface area contributed by atoms with Gasteiger partial charge in [-0.3, -0.25) is 0 Å². The number of hydrogen-bond donors (Lipinski definition) is 0. The van der Waals surface area contributed by atoms with Crippen LogP contribution in [0.4, 0.5) is 0 Å². The molecule has 4 rings (SSSR count). The lowest BCUT2D eigenvalue weighted by Gasteiger charge is -2.16. The summed E-state index contributed by atoms with van der Waals surface area (Å²) in [6.45, 7) is 1.03. The van der Waals surface area contributed by atoms with Gasteiger partial charge in [0.05, 0.1) is 7.11 Å². The molecular weight excluding hydrogens is 282 g/mol. The summed E-state index contributed by atoms with van der Waals surface area (Å²) in [6.07, 6.45) is 3.32. The Morgan fingerprint density at radius 1 is 1.00 bits per heavy atom. The van der Waals surface area contributed by atoms with Crippen molar-refractivity contribution in [2.45, 2.75) is 13.0 Å². The van der Waals surface area contributed by atoms with Crippen LogP contribution in [0.2, 0.25) is 0 Å². The summed E-state index contributed by atoms with van der Waals surface area (Å²) in [4.78, 5) is 0. The van der Waals surface area contributed by atoms with E-state index in [1.807, 2.05) is 6.07 Å². The fourth-order valence-corrected chi connectivity index (χ4v) is 3.04. The van der Waals surface area contributed by atoms with E-state index >= 15 is 0 Å². The van der Waals surface area contributed by atoms with Crippen molar-refractivity contribution < 1.29 is 21.7 Å². The van der Waals surface area contributed by atoms with Crippen LogP contribution in [0.25, 0.3) is 22.0 Å². The molecule has 0 saturated heterocycles. The molecule has 0 bridgehead atoms. The zero-order valence-corrected chi connectivity index (χ0v) is 12.6. The molecule has 0 unspecified atom stereocenters. The molecule has 0 atom stereocenters. The van der Waals surface area contributed by atoms with E-state index in [2.05, 4.69) is 53.2 Å². The van der Waals surface area contributed by atoms with Crippen LogP contribution in [0.3, 0.4) is 0 Å². The number of hydrogen-bond acceptors (Lipinski definition) is 1. The first kappa shape index (κ1) is 13.9. The van der Waals surface area contributed by atoms with Crippen LogP contribution >= 0.6 is 0 Å². The summed E-state index contributed by atoms with van der Waals surface area (Å²) in [7, 11) is 1.72. The van der Waals surface area contributed by atoms with Crippen LogP contribution in [0.1, 0.15) is 5.56 Å². The van der Waals surface area contributed by atoms with Crippen LogP contribution < -0.4 is 21.7 Å². The average Bonchev–Trinajstić information content (AvgIpc) is 2.52. The molecule has 0 radical (unpaired) electrons. The molecule has 0 fully saturated rings. The van der Waals surface area contributed by atoms with Gasteiger partial charge in [0.2, 0.25) is 5.69 Å². The highest BCUT2D eigenvalue weighted by Gasteiger charge is 2.23. The SMILES string of the molecule is COc1ccc2c(c1)CC[n+]1cc3ccccc3cc1-2.[Cl-]. The molecule has 0 N–H and O–H groups in total. The third kappa shape index (κ3) is 2.26. The van der Waals surface area contributed by atoms with Crippen molar-refractivity contribution in [2.75, 3.05) is 7.11 Å². The molecule has 21 heavy (non-hydrogen) atoms. The Labute approximate surface area is 130 Å². The van der Waals surface area contributed by atoms with Gasteiger partial charge in [0.15, 0.2) is 12.7 Å². The van der Waals surface area contributed by atoms with Gasteiger partial charge in [-0.25, -0.2) is 0 Å². The Morgan fingerprint density at radius 2 is 1.81 bits per heavy atom. The Bertz CT molecular complexity index is 813. The van der Waals surface area contributed by atoms with Crippen LogP contribution in [-0.4, -0.2) is 7.11 Å². The van der Waals surface area contributed by atoms with Crippen molar-refractivity contribution in [2.24, 2.45) is 0 Å². The number of aromatic nitrogens is 1. The molecule has 3 heteroatoms. The third-order valence-corrected chi connectivity index (χ3v) is 4.10. The summed E-state index contributed by atoms with van der Waals surface area (Å²) < 4.78 is 7.69.